The molecule has 0 bridgehead atoms. The van der Waals surface area contributed by atoms with Crippen LogP contribution in [0.3, 0.4) is 0 Å². The van der Waals surface area contributed by atoms with Gasteiger partial charge in [0.25, 0.3) is 5.91 Å². The second-order valence-electron chi connectivity index (χ2n) is 7.22. The van der Waals surface area contributed by atoms with Crippen molar-refractivity contribution < 1.29 is 28.2 Å². The summed E-state index contributed by atoms with van der Waals surface area (Å²) in [4.78, 5) is 42.2. The highest BCUT2D eigenvalue weighted by Crippen LogP contribution is 2.45. The van der Waals surface area contributed by atoms with E-state index in [0.717, 1.165) is 0 Å². The quantitative estimate of drug-likeness (QED) is 0.682. The number of carbonyl (C=O) groups is 3. The highest BCUT2D eigenvalue weighted by molar-refractivity contribution is 6.15. The summed E-state index contributed by atoms with van der Waals surface area (Å²) in [5, 5.41) is 0. The Morgan fingerprint density at radius 3 is 2.60 bits per heavy atom. The zero-order valence-electron chi connectivity index (χ0n) is 16.5. The second-order valence-corrected chi connectivity index (χ2v) is 7.22. The van der Waals surface area contributed by atoms with Gasteiger partial charge in [0, 0.05) is 26.5 Å². The molecule has 0 saturated carbocycles. The third-order valence-electron chi connectivity index (χ3n) is 5.50. The van der Waals surface area contributed by atoms with E-state index in [2.05, 4.69) is 0 Å². The molecule has 2 aliphatic heterocycles. The van der Waals surface area contributed by atoms with Crippen LogP contribution in [0.15, 0.2) is 48.5 Å². The molecule has 8 heteroatoms. The van der Waals surface area contributed by atoms with Crippen molar-refractivity contribution in [3.63, 3.8) is 0 Å². The van der Waals surface area contributed by atoms with E-state index in [4.69, 9.17) is 9.47 Å². The van der Waals surface area contributed by atoms with E-state index in [0.29, 0.717) is 16.8 Å². The molecule has 0 N–H and O–H groups in total. The average molecular weight is 412 g/mol. The van der Waals surface area contributed by atoms with Crippen molar-refractivity contribution in [3.8, 4) is 0 Å². The minimum atomic E-state index is -1.57. The Morgan fingerprint density at radius 2 is 1.87 bits per heavy atom. The Balaban J connectivity index is 1.72. The molecule has 2 heterocycles. The fourth-order valence-electron chi connectivity index (χ4n) is 4.08. The number of para-hydroxylation sites is 1. The smallest absolute Gasteiger partial charge is 0.354 e. The van der Waals surface area contributed by atoms with Gasteiger partial charge in [-0.25, -0.2) is 9.18 Å². The molecule has 4 rings (SSSR count). The van der Waals surface area contributed by atoms with Gasteiger partial charge < -0.3 is 14.4 Å². The first kappa shape index (κ1) is 20.0. The molecule has 0 spiro atoms. The van der Waals surface area contributed by atoms with Crippen molar-refractivity contribution in [2.24, 2.45) is 0 Å². The number of nitrogens with zero attached hydrogens (tertiary/aromatic N) is 2. The highest BCUT2D eigenvalue weighted by atomic mass is 19.1. The van der Waals surface area contributed by atoms with Gasteiger partial charge in [0.15, 0.2) is 0 Å². The molecule has 1 saturated heterocycles. The maximum Gasteiger partial charge on any atom is 0.354 e. The van der Waals surface area contributed by atoms with Crippen molar-refractivity contribution in [1.29, 1.82) is 0 Å². The summed E-state index contributed by atoms with van der Waals surface area (Å²) >= 11 is 0. The third kappa shape index (κ3) is 3.13. The molecule has 2 aromatic carbocycles. The molecule has 156 valence electrons. The number of benzene rings is 2. The molecule has 1 fully saturated rings. The Kier molecular flexibility index (Phi) is 5.26. The maximum absolute atomic E-state index is 13.4. The predicted octanol–water partition coefficient (Wildman–Crippen LogP) is 2.49. The van der Waals surface area contributed by atoms with Crippen LogP contribution in [0.1, 0.15) is 28.8 Å². The van der Waals surface area contributed by atoms with Gasteiger partial charge in [-0.2, -0.15) is 0 Å². The molecule has 2 aliphatic rings. The van der Waals surface area contributed by atoms with E-state index < -0.39 is 17.4 Å². The number of ether oxygens (including phenoxy) is 2. The molecule has 7 nitrogen and oxygen atoms in total. The van der Waals surface area contributed by atoms with Crippen LogP contribution < -0.4 is 4.90 Å². The molecular formula is C22H21FN2O5. The Labute approximate surface area is 173 Å². The Hall–Kier alpha value is -3.26. The number of halogens is 1. The lowest BCUT2D eigenvalue weighted by molar-refractivity contribution is -0.159. The standard InChI is InChI=1S/C22H21FN2O5/c1-29-13-12-24-20(27)17-4-2-3-5-18(17)25-19(26)10-11-22(24,25)21(28)30-14-15-6-8-16(23)9-7-15/h2-9H,10-14H2,1H3/t22-/m1/s1. The number of carbonyl (C=O) groups excluding carboxylic acids is 3. The number of esters is 1. The van der Waals surface area contributed by atoms with Crippen LogP contribution in [0, 0.1) is 5.82 Å². The highest BCUT2D eigenvalue weighted by Gasteiger charge is 2.61. The number of methoxy groups -OCH3 is 1. The van der Waals surface area contributed by atoms with E-state index in [1.54, 1.807) is 24.3 Å². The average Bonchev–Trinajstić information content (AvgIpc) is 3.11. The SMILES string of the molecule is COCCN1C(=O)c2ccccc2N2C(=O)CC[C@@]12C(=O)OCc1ccc(F)cc1. The van der Waals surface area contributed by atoms with E-state index in [9.17, 15) is 18.8 Å². The topological polar surface area (TPSA) is 76.2 Å². The normalized spacial score (nSPS) is 20.2. The van der Waals surface area contributed by atoms with Crippen molar-refractivity contribution in [2.45, 2.75) is 25.1 Å². The van der Waals surface area contributed by atoms with Crippen molar-refractivity contribution in [2.75, 3.05) is 25.2 Å². The maximum atomic E-state index is 13.4. The Morgan fingerprint density at radius 1 is 1.13 bits per heavy atom. The van der Waals surface area contributed by atoms with Crippen molar-refractivity contribution >= 4 is 23.5 Å². The fraction of sp³-hybridized carbons (Fsp3) is 0.318. The zero-order chi connectivity index (χ0) is 21.3. The van der Waals surface area contributed by atoms with Gasteiger partial charge in [-0.1, -0.05) is 24.3 Å². The van der Waals surface area contributed by atoms with Gasteiger partial charge in [0.2, 0.25) is 11.6 Å². The summed E-state index contributed by atoms with van der Waals surface area (Å²) in [6, 6.07) is 12.3. The fourth-order valence-corrected chi connectivity index (χ4v) is 4.08. The lowest BCUT2D eigenvalue weighted by Crippen LogP contribution is -2.68. The number of amides is 2. The summed E-state index contributed by atoms with van der Waals surface area (Å²) in [6.07, 6.45) is 0.231. The number of anilines is 1. The second kappa shape index (κ2) is 7.87. The van der Waals surface area contributed by atoms with E-state index in [1.165, 1.54) is 41.2 Å². The van der Waals surface area contributed by atoms with Gasteiger partial charge in [0.05, 0.1) is 17.9 Å². The van der Waals surface area contributed by atoms with Crippen LogP contribution in [-0.4, -0.2) is 48.6 Å². The molecule has 1 atom stereocenters. The molecule has 0 unspecified atom stereocenters. The van der Waals surface area contributed by atoms with E-state index in [-0.39, 0.29) is 44.4 Å². The molecule has 0 aliphatic carbocycles. The molecular weight excluding hydrogens is 391 g/mol. The largest absolute Gasteiger partial charge is 0.458 e. The number of rotatable bonds is 6. The molecule has 0 aromatic heterocycles. The molecule has 0 radical (unpaired) electrons. The summed E-state index contributed by atoms with van der Waals surface area (Å²) in [5.74, 6) is -1.70. The van der Waals surface area contributed by atoms with Gasteiger partial charge in [0.1, 0.15) is 12.4 Å². The Bertz CT molecular complexity index is 993. The third-order valence-corrected chi connectivity index (χ3v) is 5.50. The zero-order valence-corrected chi connectivity index (χ0v) is 16.5. The minimum Gasteiger partial charge on any atom is -0.458 e. The first-order valence-electron chi connectivity index (χ1n) is 9.63. The van der Waals surface area contributed by atoms with Crippen LogP contribution in [0.25, 0.3) is 0 Å². The van der Waals surface area contributed by atoms with Crippen LogP contribution in [0.4, 0.5) is 10.1 Å². The van der Waals surface area contributed by atoms with Crippen LogP contribution in [-0.2, 0) is 25.7 Å². The van der Waals surface area contributed by atoms with E-state index >= 15 is 0 Å². The lowest BCUT2D eigenvalue weighted by Gasteiger charge is -2.48. The van der Waals surface area contributed by atoms with Gasteiger partial charge in [-0.3, -0.25) is 14.5 Å². The lowest BCUT2D eigenvalue weighted by atomic mass is 9.96. The summed E-state index contributed by atoms with van der Waals surface area (Å²) in [7, 11) is 1.50. The monoisotopic (exact) mass is 412 g/mol. The van der Waals surface area contributed by atoms with Crippen molar-refractivity contribution in [1.82, 2.24) is 4.90 Å². The first-order chi connectivity index (χ1) is 14.5. The first-order valence-corrected chi connectivity index (χ1v) is 9.63. The van der Waals surface area contributed by atoms with Crippen LogP contribution in [0.5, 0.6) is 0 Å². The summed E-state index contributed by atoms with van der Waals surface area (Å²) in [6.45, 7) is 0.221. The number of hydrogen-bond acceptors (Lipinski definition) is 5. The molecule has 2 aromatic rings. The van der Waals surface area contributed by atoms with Gasteiger partial charge >= 0.3 is 5.97 Å². The van der Waals surface area contributed by atoms with E-state index in [1.807, 2.05) is 0 Å². The van der Waals surface area contributed by atoms with Gasteiger partial charge in [-0.15, -0.1) is 0 Å². The summed E-state index contributed by atoms with van der Waals surface area (Å²) < 4.78 is 23.8. The molecule has 30 heavy (non-hydrogen) atoms. The number of hydrogen-bond donors (Lipinski definition) is 0. The molecule has 2 amide bonds. The van der Waals surface area contributed by atoms with Gasteiger partial charge in [-0.05, 0) is 29.8 Å². The van der Waals surface area contributed by atoms with Crippen LogP contribution in [0.2, 0.25) is 0 Å². The van der Waals surface area contributed by atoms with Crippen molar-refractivity contribution in [3.05, 3.63) is 65.5 Å². The predicted molar refractivity (Wildman–Crippen MR) is 105 cm³/mol. The minimum absolute atomic E-state index is 0.100. The summed E-state index contributed by atoms with van der Waals surface area (Å²) in [5.41, 5.74) is -0.215. The van der Waals surface area contributed by atoms with Crippen LogP contribution >= 0.6 is 0 Å². The number of fused-ring (bicyclic) bond motifs is 3.